The van der Waals surface area contributed by atoms with Crippen molar-refractivity contribution in [3.05, 3.63) is 53.6 Å². The van der Waals surface area contributed by atoms with Crippen LogP contribution in [0.25, 0.3) is 0 Å². The van der Waals surface area contributed by atoms with Gasteiger partial charge >= 0.3 is 0 Å². The Balaban J connectivity index is 1.43. The molecule has 0 aliphatic carbocycles. The number of benzene rings is 2. The Kier molecular flexibility index (Phi) is 6.02. The third-order valence-electron chi connectivity index (χ3n) is 3.87. The van der Waals surface area contributed by atoms with E-state index in [2.05, 4.69) is 0 Å². The van der Waals surface area contributed by atoms with Crippen molar-refractivity contribution in [3.63, 3.8) is 0 Å². The zero-order chi connectivity index (χ0) is 17.6. The average Bonchev–Trinajstić information content (AvgIpc) is 2.61. The van der Waals surface area contributed by atoms with E-state index >= 15 is 0 Å². The summed E-state index contributed by atoms with van der Waals surface area (Å²) in [6, 6.07) is 14.9. The second kappa shape index (κ2) is 8.43. The van der Waals surface area contributed by atoms with Gasteiger partial charge in [-0.1, -0.05) is 35.9 Å². The molecule has 0 bridgehead atoms. The van der Waals surface area contributed by atoms with E-state index < -0.39 is 6.10 Å². The number of fused-ring (bicyclic) bond motifs is 1. The third-order valence-corrected chi connectivity index (χ3v) is 4.19. The van der Waals surface area contributed by atoms with E-state index in [9.17, 15) is 5.11 Å². The summed E-state index contributed by atoms with van der Waals surface area (Å²) >= 11 is 6.04. The topological polar surface area (TPSA) is 51.2 Å². The number of halogens is 1. The summed E-state index contributed by atoms with van der Waals surface area (Å²) in [5.74, 6) is 2.11. The number of hydrogen-bond donors (Lipinski definition) is 1. The quantitative estimate of drug-likeness (QED) is 0.819. The van der Waals surface area contributed by atoms with Crippen LogP contribution in [-0.2, 0) is 0 Å². The molecule has 2 unspecified atom stereocenters. The first-order chi connectivity index (χ1) is 12.1. The fourth-order valence-electron chi connectivity index (χ4n) is 2.74. The van der Waals surface area contributed by atoms with E-state index in [4.69, 9.17) is 25.8 Å². The standard InChI is InChI=1S/C19H22ClNO4/c1-21(10-14(22)12-23-17-7-3-2-6-16(17)20)11-15-13-24-18-8-4-5-9-19(18)25-15/h2-9,14-15,22H,10-13H2,1H3. The molecule has 0 saturated carbocycles. The molecule has 3 rings (SSSR count). The Hall–Kier alpha value is -1.95. The largest absolute Gasteiger partial charge is 0.489 e. The van der Waals surface area contributed by atoms with Gasteiger partial charge in [0.15, 0.2) is 11.5 Å². The highest BCUT2D eigenvalue weighted by Crippen LogP contribution is 2.31. The van der Waals surface area contributed by atoms with Crippen LogP contribution in [0.4, 0.5) is 0 Å². The van der Waals surface area contributed by atoms with Crippen LogP contribution in [0.1, 0.15) is 0 Å². The average molecular weight is 364 g/mol. The first-order valence-electron chi connectivity index (χ1n) is 8.24. The van der Waals surface area contributed by atoms with Crippen LogP contribution in [0.15, 0.2) is 48.5 Å². The highest BCUT2D eigenvalue weighted by molar-refractivity contribution is 6.32. The molecule has 5 nitrogen and oxygen atoms in total. The lowest BCUT2D eigenvalue weighted by molar-refractivity contribution is 0.0374. The number of hydrogen-bond acceptors (Lipinski definition) is 5. The lowest BCUT2D eigenvalue weighted by Crippen LogP contribution is -2.42. The minimum absolute atomic E-state index is 0.0726. The first-order valence-corrected chi connectivity index (χ1v) is 8.62. The van der Waals surface area contributed by atoms with Crippen molar-refractivity contribution in [1.29, 1.82) is 0 Å². The van der Waals surface area contributed by atoms with E-state index in [0.29, 0.717) is 30.5 Å². The predicted molar refractivity (Wildman–Crippen MR) is 96.8 cm³/mol. The minimum atomic E-state index is -0.627. The lowest BCUT2D eigenvalue weighted by atomic mass is 10.2. The molecule has 134 valence electrons. The molecule has 2 atom stereocenters. The molecule has 1 aliphatic heterocycles. The van der Waals surface area contributed by atoms with Gasteiger partial charge in [0.1, 0.15) is 31.2 Å². The third kappa shape index (κ3) is 5.01. The normalized spacial score (nSPS) is 17.4. The van der Waals surface area contributed by atoms with Crippen molar-refractivity contribution < 1.29 is 19.3 Å². The summed E-state index contributed by atoms with van der Waals surface area (Å²) in [5.41, 5.74) is 0. The molecule has 0 radical (unpaired) electrons. The zero-order valence-electron chi connectivity index (χ0n) is 14.1. The fourth-order valence-corrected chi connectivity index (χ4v) is 2.93. The van der Waals surface area contributed by atoms with Crippen molar-refractivity contribution in [2.45, 2.75) is 12.2 Å². The van der Waals surface area contributed by atoms with E-state index in [1.165, 1.54) is 0 Å². The number of ether oxygens (including phenoxy) is 3. The Morgan fingerprint density at radius 1 is 1.20 bits per heavy atom. The van der Waals surface area contributed by atoms with E-state index in [1.54, 1.807) is 12.1 Å². The molecule has 25 heavy (non-hydrogen) atoms. The van der Waals surface area contributed by atoms with Gasteiger partial charge in [0.2, 0.25) is 0 Å². The van der Waals surface area contributed by atoms with Crippen LogP contribution >= 0.6 is 11.6 Å². The highest BCUT2D eigenvalue weighted by atomic mass is 35.5. The molecule has 1 N–H and O–H groups in total. The molecule has 0 aromatic heterocycles. The number of likely N-dealkylation sites (N-methyl/N-ethyl adjacent to an activating group) is 1. The van der Waals surface area contributed by atoms with Gasteiger partial charge in [0.05, 0.1) is 5.02 Å². The number of rotatable bonds is 7. The van der Waals surface area contributed by atoms with E-state index in [1.807, 2.05) is 48.3 Å². The summed E-state index contributed by atoms with van der Waals surface area (Å²) in [6.45, 7) is 1.79. The summed E-state index contributed by atoms with van der Waals surface area (Å²) < 4.78 is 17.2. The minimum Gasteiger partial charge on any atom is -0.489 e. The van der Waals surface area contributed by atoms with Crippen molar-refractivity contribution in [2.75, 3.05) is 33.4 Å². The summed E-state index contributed by atoms with van der Waals surface area (Å²) in [4.78, 5) is 2.00. The molecule has 0 amide bonds. The summed E-state index contributed by atoms with van der Waals surface area (Å²) in [6.07, 6.45) is -0.699. The number of para-hydroxylation sites is 3. The van der Waals surface area contributed by atoms with Crippen LogP contribution in [-0.4, -0.2) is 55.6 Å². The van der Waals surface area contributed by atoms with Crippen molar-refractivity contribution in [2.24, 2.45) is 0 Å². The molecule has 2 aromatic rings. The molecule has 0 spiro atoms. The summed E-state index contributed by atoms with van der Waals surface area (Å²) in [7, 11) is 1.93. The Morgan fingerprint density at radius 3 is 2.72 bits per heavy atom. The Labute approximate surface area is 152 Å². The molecule has 0 saturated heterocycles. The van der Waals surface area contributed by atoms with Gasteiger partial charge in [-0.2, -0.15) is 0 Å². The maximum Gasteiger partial charge on any atom is 0.161 e. The van der Waals surface area contributed by atoms with Gasteiger partial charge in [-0.25, -0.2) is 0 Å². The maximum atomic E-state index is 10.2. The van der Waals surface area contributed by atoms with Gasteiger partial charge in [0, 0.05) is 13.1 Å². The molecular formula is C19H22ClNO4. The van der Waals surface area contributed by atoms with Crippen LogP contribution in [0.2, 0.25) is 5.02 Å². The lowest BCUT2D eigenvalue weighted by Gasteiger charge is -2.30. The predicted octanol–water partition coefficient (Wildman–Crippen LogP) is 2.85. The zero-order valence-corrected chi connectivity index (χ0v) is 14.9. The molecular weight excluding hydrogens is 342 g/mol. The molecule has 1 heterocycles. The molecule has 2 aromatic carbocycles. The Morgan fingerprint density at radius 2 is 1.92 bits per heavy atom. The van der Waals surface area contributed by atoms with Gasteiger partial charge < -0.3 is 19.3 Å². The number of aliphatic hydroxyl groups is 1. The van der Waals surface area contributed by atoms with Crippen LogP contribution in [0.3, 0.4) is 0 Å². The monoisotopic (exact) mass is 363 g/mol. The Bertz CT molecular complexity index is 697. The van der Waals surface area contributed by atoms with Crippen molar-refractivity contribution >= 4 is 11.6 Å². The van der Waals surface area contributed by atoms with E-state index in [-0.39, 0.29) is 12.7 Å². The maximum absolute atomic E-state index is 10.2. The second-order valence-electron chi connectivity index (χ2n) is 6.11. The van der Waals surface area contributed by atoms with Crippen molar-refractivity contribution in [1.82, 2.24) is 4.90 Å². The molecule has 1 aliphatic rings. The van der Waals surface area contributed by atoms with Gasteiger partial charge in [-0.3, -0.25) is 4.90 Å². The van der Waals surface area contributed by atoms with E-state index in [0.717, 1.165) is 11.5 Å². The van der Waals surface area contributed by atoms with Gasteiger partial charge in [-0.05, 0) is 31.3 Å². The summed E-state index contributed by atoms with van der Waals surface area (Å²) in [5, 5.41) is 10.7. The first kappa shape index (κ1) is 17.9. The van der Waals surface area contributed by atoms with Gasteiger partial charge in [0.25, 0.3) is 0 Å². The number of nitrogens with zero attached hydrogens (tertiary/aromatic N) is 1. The van der Waals surface area contributed by atoms with Crippen LogP contribution in [0, 0.1) is 0 Å². The van der Waals surface area contributed by atoms with Crippen LogP contribution in [0.5, 0.6) is 17.2 Å². The molecule has 0 fully saturated rings. The number of aliphatic hydroxyl groups excluding tert-OH is 1. The molecule has 6 heteroatoms. The van der Waals surface area contributed by atoms with Crippen molar-refractivity contribution in [3.8, 4) is 17.2 Å². The smallest absolute Gasteiger partial charge is 0.161 e. The second-order valence-corrected chi connectivity index (χ2v) is 6.52. The highest BCUT2D eigenvalue weighted by Gasteiger charge is 2.22. The van der Waals surface area contributed by atoms with Crippen LogP contribution < -0.4 is 14.2 Å². The fraction of sp³-hybridized carbons (Fsp3) is 0.368. The van der Waals surface area contributed by atoms with Gasteiger partial charge in [-0.15, -0.1) is 0 Å². The SMILES string of the molecule is CN(CC(O)COc1ccccc1Cl)CC1COc2ccccc2O1.